The first-order valence-corrected chi connectivity index (χ1v) is 9.42. The zero-order valence-electron chi connectivity index (χ0n) is 17.4. The average molecular weight is 511 g/mol. The number of hydrogen-bond acceptors (Lipinski definition) is 4. The molecule has 0 atom stereocenters. The van der Waals surface area contributed by atoms with E-state index in [4.69, 9.17) is 4.74 Å². The van der Waals surface area contributed by atoms with Crippen LogP contribution in [0.2, 0.25) is 0 Å². The largest absolute Gasteiger partial charge is 0.494 e. The third-order valence-corrected chi connectivity index (χ3v) is 3.99. The van der Waals surface area contributed by atoms with Crippen molar-refractivity contribution in [2.45, 2.75) is 33.7 Å². The lowest BCUT2D eigenvalue weighted by Gasteiger charge is -2.15. The Morgan fingerprint density at radius 3 is 2.66 bits per heavy atom. The van der Waals surface area contributed by atoms with Gasteiger partial charge in [-0.15, -0.1) is 24.0 Å². The smallest absolute Gasteiger partial charge is 0.227 e. The number of guanidine groups is 1. The van der Waals surface area contributed by atoms with Crippen molar-refractivity contribution < 1.29 is 9.53 Å². The standard InChI is InChI=1S/C21H29N5O2.HI/c1-5-28-18-13-15(2)9-10-17(18)14-24-21(22-4)23-12-11-20(27)26-19-8-6-7-16(3)25-19;/h6-10,13H,5,11-12,14H2,1-4H3,(H2,22,23,24)(H,25,26,27);1H. The molecular formula is C21H30IN5O2. The van der Waals surface area contributed by atoms with E-state index in [1.54, 1.807) is 13.1 Å². The van der Waals surface area contributed by atoms with Gasteiger partial charge >= 0.3 is 0 Å². The number of aliphatic imine (C=N–C) groups is 1. The summed E-state index contributed by atoms with van der Waals surface area (Å²) in [6, 6.07) is 11.7. The van der Waals surface area contributed by atoms with Crippen molar-refractivity contribution in [3.63, 3.8) is 0 Å². The van der Waals surface area contributed by atoms with Crippen molar-refractivity contribution in [3.05, 3.63) is 53.2 Å². The Hall–Kier alpha value is -2.36. The predicted molar refractivity (Wildman–Crippen MR) is 128 cm³/mol. The van der Waals surface area contributed by atoms with Crippen molar-refractivity contribution in [3.8, 4) is 5.75 Å². The van der Waals surface area contributed by atoms with Gasteiger partial charge in [-0.1, -0.05) is 18.2 Å². The number of anilines is 1. The van der Waals surface area contributed by atoms with E-state index in [1.807, 2.05) is 45.0 Å². The zero-order chi connectivity index (χ0) is 20.4. The Bertz CT molecular complexity index is 826. The molecule has 0 bridgehead atoms. The summed E-state index contributed by atoms with van der Waals surface area (Å²) in [6.45, 7) is 7.55. The summed E-state index contributed by atoms with van der Waals surface area (Å²) < 4.78 is 5.70. The van der Waals surface area contributed by atoms with E-state index in [-0.39, 0.29) is 29.9 Å². The topological polar surface area (TPSA) is 87.6 Å². The van der Waals surface area contributed by atoms with E-state index < -0.39 is 0 Å². The number of aryl methyl sites for hydroxylation is 2. The molecule has 0 radical (unpaired) electrons. The van der Waals surface area contributed by atoms with E-state index in [2.05, 4.69) is 32.0 Å². The molecule has 0 saturated carbocycles. The molecule has 1 heterocycles. The van der Waals surface area contributed by atoms with Crippen LogP contribution in [0.25, 0.3) is 0 Å². The van der Waals surface area contributed by atoms with Crippen molar-refractivity contribution in [2.75, 3.05) is 25.5 Å². The van der Waals surface area contributed by atoms with Gasteiger partial charge in [0.2, 0.25) is 5.91 Å². The van der Waals surface area contributed by atoms with Gasteiger partial charge in [0.15, 0.2) is 5.96 Å². The van der Waals surface area contributed by atoms with E-state index in [0.717, 1.165) is 22.6 Å². The molecule has 0 aliphatic heterocycles. The van der Waals surface area contributed by atoms with Gasteiger partial charge < -0.3 is 20.7 Å². The van der Waals surface area contributed by atoms with E-state index >= 15 is 0 Å². The summed E-state index contributed by atoms with van der Waals surface area (Å²) in [7, 11) is 1.70. The molecule has 0 aliphatic carbocycles. The highest BCUT2D eigenvalue weighted by Gasteiger charge is 2.07. The summed E-state index contributed by atoms with van der Waals surface area (Å²) in [5.41, 5.74) is 3.07. The van der Waals surface area contributed by atoms with Gasteiger partial charge in [0, 0.05) is 37.8 Å². The zero-order valence-corrected chi connectivity index (χ0v) is 19.7. The lowest BCUT2D eigenvalue weighted by molar-refractivity contribution is -0.116. The quantitative estimate of drug-likeness (QED) is 0.287. The van der Waals surface area contributed by atoms with Crippen molar-refractivity contribution in [1.29, 1.82) is 0 Å². The number of pyridine rings is 1. The molecule has 2 rings (SSSR count). The summed E-state index contributed by atoms with van der Waals surface area (Å²) in [5, 5.41) is 9.19. The van der Waals surface area contributed by atoms with Crippen LogP contribution in [0, 0.1) is 13.8 Å². The fourth-order valence-corrected chi connectivity index (χ4v) is 2.61. The van der Waals surface area contributed by atoms with Crippen LogP contribution in [0.3, 0.4) is 0 Å². The number of nitrogens with zero attached hydrogens (tertiary/aromatic N) is 2. The Morgan fingerprint density at radius 2 is 1.97 bits per heavy atom. The highest BCUT2D eigenvalue weighted by atomic mass is 127. The minimum Gasteiger partial charge on any atom is -0.494 e. The van der Waals surface area contributed by atoms with Gasteiger partial charge in [-0.3, -0.25) is 9.79 Å². The monoisotopic (exact) mass is 511 g/mol. The summed E-state index contributed by atoms with van der Waals surface area (Å²) >= 11 is 0. The number of hydrogen-bond donors (Lipinski definition) is 3. The second-order valence-corrected chi connectivity index (χ2v) is 6.36. The molecule has 0 unspecified atom stereocenters. The lowest BCUT2D eigenvalue weighted by atomic mass is 10.1. The van der Waals surface area contributed by atoms with Crippen molar-refractivity contribution in [2.24, 2.45) is 4.99 Å². The Balaban J connectivity index is 0.00000420. The molecular weight excluding hydrogens is 481 g/mol. The molecule has 3 N–H and O–H groups in total. The maximum absolute atomic E-state index is 12.1. The maximum Gasteiger partial charge on any atom is 0.227 e. The van der Waals surface area contributed by atoms with Crippen molar-refractivity contribution >= 4 is 41.7 Å². The Kier molecular flexibility index (Phi) is 11.0. The highest BCUT2D eigenvalue weighted by molar-refractivity contribution is 14.0. The number of benzene rings is 1. The molecule has 7 nitrogen and oxygen atoms in total. The summed E-state index contributed by atoms with van der Waals surface area (Å²) in [4.78, 5) is 20.5. The molecule has 158 valence electrons. The van der Waals surface area contributed by atoms with E-state index in [9.17, 15) is 4.79 Å². The van der Waals surface area contributed by atoms with Gasteiger partial charge in [-0.2, -0.15) is 0 Å². The third kappa shape index (κ3) is 8.68. The number of ether oxygens (including phenoxy) is 1. The number of halogens is 1. The van der Waals surface area contributed by atoms with Gasteiger partial charge in [0.25, 0.3) is 0 Å². The minimum atomic E-state index is -0.0989. The van der Waals surface area contributed by atoms with Crippen LogP contribution in [-0.4, -0.2) is 37.1 Å². The van der Waals surface area contributed by atoms with Crippen LogP contribution in [0.4, 0.5) is 5.82 Å². The molecule has 1 aromatic carbocycles. The lowest BCUT2D eigenvalue weighted by Crippen LogP contribution is -2.38. The molecule has 29 heavy (non-hydrogen) atoms. The first kappa shape index (κ1) is 24.7. The Labute approximate surface area is 189 Å². The fraction of sp³-hybridized carbons (Fsp3) is 0.381. The van der Waals surface area contributed by atoms with Gasteiger partial charge in [-0.05, 0) is 44.5 Å². The molecule has 2 aromatic rings. The van der Waals surface area contributed by atoms with Crippen LogP contribution in [-0.2, 0) is 11.3 Å². The van der Waals surface area contributed by atoms with E-state index in [0.29, 0.717) is 37.9 Å². The maximum atomic E-state index is 12.1. The van der Waals surface area contributed by atoms with Crippen molar-refractivity contribution in [1.82, 2.24) is 15.6 Å². The van der Waals surface area contributed by atoms with E-state index in [1.165, 1.54) is 0 Å². The van der Waals surface area contributed by atoms with Crippen LogP contribution in [0.1, 0.15) is 30.2 Å². The minimum absolute atomic E-state index is 0. The summed E-state index contributed by atoms with van der Waals surface area (Å²) in [5.74, 6) is 1.97. The highest BCUT2D eigenvalue weighted by Crippen LogP contribution is 2.20. The normalized spacial score (nSPS) is 10.7. The molecule has 0 aliphatic rings. The second kappa shape index (κ2) is 13.0. The molecule has 8 heteroatoms. The first-order chi connectivity index (χ1) is 13.5. The molecule has 1 amide bonds. The molecule has 1 aromatic heterocycles. The third-order valence-electron chi connectivity index (χ3n) is 3.99. The number of carbonyl (C=O) groups is 1. The number of carbonyl (C=O) groups excluding carboxylic acids is 1. The van der Waals surface area contributed by atoms with Crippen LogP contribution < -0.4 is 20.7 Å². The number of rotatable bonds is 8. The van der Waals surface area contributed by atoms with Gasteiger partial charge in [0.05, 0.1) is 6.61 Å². The Morgan fingerprint density at radius 1 is 1.17 bits per heavy atom. The first-order valence-electron chi connectivity index (χ1n) is 9.42. The second-order valence-electron chi connectivity index (χ2n) is 6.36. The van der Waals surface area contributed by atoms with Gasteiger partial charge in [-0.25, -0.2) is 4.98 Å². The fourth-order valence-electron chi connectivity index (χ4n) is 2.61. The SMILES string of the molecule is CCOc1cc(C)ccc1CNC(=NC)NCCC(=O)Nc1cccc(C)n1.I. The average Bonchev–Trinajstić information content (AvgIpc) is 2.66. The summed E-state index contributed by atoms with van der Waals surface area (Å²) in [6.07, 6.45) is 0.311. The van der Waals surface area contributed by atoms with Crippen LogP contribution in [0.5, 0.6) is 5.75 Å². The van der Waals surface area contributed by atoms with Crippen LogP contribution >= 0.6 is 24.0 Å². The number of nitrogens with one attached hydrogen (secondary N) is 3. The number of aromatic nitrogens is 1. The predicted octanol–water partition coefficient (Wildman–Crippen LogP) is 3.41. The molecule has 0 saturated heterocycles. The number of amides is 1. The molecule has 0 spiro atoms. The van der Waals surface area contributed by atoms with Crippen LogP contribution in [0.15, 0.2) is 41.4 Å². The molecule has 0 fully saturated rings. The van der Waals surface area contributed by atoms with Gasteiger partial charge in [0.1, 0.15) is 11.6 Å².